The summed E-state index contributed by atoms with van der Waals surface area (Å²) in [6, 6.07) is 7.39. The standard InChI is InChI=1S/C22H19N5O2/c1-3-15-7-9-17(11-15)22(28)24-18-6-4-5-16(12-18)8-10-19-25-26-20-13-23-21(29-2)14-27(19)20/h4-6,9,11-14H,3,7H2,1-2H3,(H,24,28). The van der Waals surface area contributed by atoms with Gasteiger partial charge in [0, 0.05) is 16.8 Å². The van der Waals surface area contributed by atoms with Crippen LogP contribution in [0.2, 0.25) is 0 Å². The fraction of sp³-hybridized carbons (Fsp3) is 0.182. The number of ether oxygens (including phenoxy) is 1. The largest absolute Gasteiger partial charge is 0.480 e. The van der Waals surface area contributed by atoms with Gasteiger partial charge in [-0.1, -0.05) is 36.6 Å². The number of rotatable bonds is 4. The van der Waals surface area contributed by atoms with Crippen LogP contribution in [0.25, 0.3) is 5.65 Å². The van der Waals surface area contributed by atoms with Crippen molar-refractivity contribution in [3.05, 3.63) is 71.3 Å². The Balaban J connectivity index is 1.53. The molecule has 0 spiro atoms. The average molecular weight is 385 g/mol. The van der Waals surface area contributed by atoms with Crippen LogP contribution in [0.3, 0.4) is 0 Å². The van der Waals surface area contributed by atoms with Crippen molar-refractivity contribution in [3.63, 3.8) is 0 Å². The minimum Gasteiger partial charge on any atom is -0.480 e. The Morgan fingerprint density at radius 1 is 1.31 bits per heavy atom. The number of hydrogen-bond donors (Lipinski definition) is 1. The van der Waals surface area contributed by atoms with Gasteiger partial charge in [-0.15, -0.1) is 10.2 Å². The molecule has 0 radical (unpaired) electrons. The lowest BCUT2D eigenvalue weighted by molar-refractivity contribution is -0.112. The fourth-order valence-electron chi connectivity index (χ4n) is 2.96. The van der Waals surface area contributed by atoms with Crippen molar-refractivity contribution in [1.29, 1.82) is 0 Å². The molecular weight excluding hydrogens is 366 g/mol. The van der Waals surface area contributed by atoms with Gasteiger partial charge < -0.3 is 10.1 Å². The summed E-state index contributed by atoms with van der Waals surface area (Å²) in [7, 11) is 1.55. The number of carbonyl (C=O) groups excluding carboxylic acids is 1. The van der Waals surface area contributed by atoms with Crippen molar-refractivity contribution in [2.45, 2.75) is 19.8 Å². The fourth-order valence-corrected chi connectivity index (χ4v) is 2.96. The van der Waals surface area contributed by atoms with Gasteiger partial charge in [-0.3, -0.25) is 9.20 Å². The van der Waals surface area contributed by atoms with E-state index in [0.29, 0.717) is 28.6 Å². The second kappa shape index (κ2) is 7.98. The summed E-state index contributed by atoms with van der Waals surface area (Å²) in [4.78, 5) is 16.5. The van der Waals surface area contributed by atoms with Crippen LogP contribution in [0.1, 0.15) is 31.2 Å². The minimum atomic E-state index is -0.110. The molecule has 1 amide bonds. The summed E-state index contributed by atoms with van der Waals surface area (Å²) < 4.78 is 6.85. The van der Waals surface area contributed by atoms with Gasteiger partial charge >= 0.3 is 0 Å². The lowest BCUT2D eigenvalue weighted by Crippen LogP contribution is -2.12. The first-order chi connectivity index (χ1) is 14.2. The van der Waals surface area contributed by atoms with Crippen molar-refractivity contribution < 1.29 is 9.53 Å². The SMILES string of the molecule is CCC1=CC(C(=O)Nc2cccc(C#Cc3nnc4cnc(OC)cn34)c2)=CC1. The third-order valence-corrected chi connectivity index (χ3v) is 4.58. The van der Waals surface area contributed by atoms with Crippen LogP contribution in [0.4, 0.5) is 5.69 Å². The zero-order valence-electron chi connectivity index (χ0n) is 16.1. The molecule has 0 bridgehead atoms. The molecule has 1 aliphatic rings. The van der Waals surface area contributed by atoms with Crippen LogP contribution in [-0.2, 0) is 4.79 Å². The molecular formula is C22H19N5O2. The number of amides is 1. The minimum absolute atomic E-state index is 0.110. The Morgan fingerprint density at radius 3 is 3.00 bits per heavy atom. The number of fused-ring (bicyclic) bond motifs is 1. The Labute approximate surface area is 168 Å². The van der Waals surface area contributed by atoms with E-state index in [1.54, 1.807) is 23.9 Å². The van der Waals surface area contributed by atoms with Crippen LogP contribution in [0.5, 0.6) is 5.88 Å². The van der Waals surface area contributed by atoms with Gasteiger partial charge in [0.25, 0.3) is 5.91 Å². The molecule has 1 N–H and O–H groups in total. The predicted molar refractivity (Wildman–Crippen MR) is 109 cm³/mol. The molecule has 144 valence electrons. The second-order valence-corrected chi connectivity index (χ2v) is 6.49. The molecule has 4 rings (SSSR count). The van der Waals surface area contributed by atoms with Crippen LogP contribution in [-0.4, -0.2) is 32.6 Å². The number of nitrogens with one attached hydrogen (secondary N) is 1. The number of carbonyl (C=O) groups is 1. The molecule has 3 aromatic rings. The molecule has 2 aromatic heterocycles. The van der Waals surface area contributed by atoms with E-state index >= 15 is 0 Å². The zero-order valence-corrected chi connectivity index (χ0v) is 16.1. The first-order valence-corrected chi connectivity index (χ1v) is 9.24. The smallest absolute Gasteiger partial charge is 0.255 e. The van der Waals surface area contributed by atoms with Crippen molar-refractivity contribution >= 4 is 17.2 Å². The second-order valence-electron chi connectivity index (χ2n) is 6.49. The Hall–Kier alpha value is -3.92. The summed E-state index contributed by atoms with van der Waals surface area (Å²) in [5.41, 5.74) is 4.00. The van der Waals surface area contributed by atoms with Crippen molar-refractivity contribution in [2.24, 2.45) is 0 Å². The van der Waals surface area contributed by atoms with Gasteiger partial charge in [0.2, 0.25) is 11.7 Å². The van der Waals surface area contributed by atoms with Gasteiger partial charge in [-0.2, -0.15) is 0 Å². The summed E-state index contributed by atoms with van der Waals surface area (Å²) in [5, 5.41) is 11.1. The highest BCUT2D eigenvalue weighted by Gasteiger charge is 2.13. The van der Waals surface area contributed by atoms with E-state index in [-0.39, 0.29) is 5.91 Å². The Kier molecular flexibility index (Phi) is 5.08. The van der Waals surface area contributed by atoms with Gasteiger partial charge in [0.1, 0.15) is 0 Å². The normalized spacial score (nSPS) is 12.8. The highest BCUT2D eigenvalue weighted by atomic mass is 16.5. The average Bonchev–Trinajstić information content (AvgIpc) is 3.39. The van der Waals surface area contributed by atoms with Gasteiger partial charge in [-0.25, -0.2) is 4.98 Å². The van der Waals surface area contributed by atoms with Crippen LogP contribution >= 0.6 is 0 Å². The maximum Gasteiger partial charge on any atom is 0.255 e. The van der Waals surface area contributed by atoms with Crippen LogP contribution < -0.4 is 10.1 Å². The number of hydrogen-bond acceptors (Lipinski definition) is 5. The van der Waals surface area contributed by atoms with Crippen molar-refractivity contribution in [2.75, 3.05) is 12.4 Å². The van der Waals surface area contributed by atoms with E-state index in [9.17, 15) is 4.79 Å². The number of benzene rings is 1. The number of anilines is 1. The molecule has 0 saturated heterocycles. The molecule has 0 saturated carbocycles. The monoisotopic (exact) mass is 385 g/mol. The molecule has 0 fully saturated rings. The number of methoxy groups -OCH3 is 1. The maximum absolute atomic E-state index is 12.4. The molecule has 0 aliphatic heterocycles. The molecule has 7 nitrogen and oxygen atoms in total. The van der Waals surface area contributed by atoms with E-state index < -0.39 is 0 Å². The van der Waals surface area contributed by atoms with E-state index in [4.69, 9.17) is 4.74 Å². The molecule has 29 heavy (non-hydrogen) atoms. The molecule has 0 unspecified atom stereocenters. The summed E-state index contributed by atoms with van der Waals surface area (Å²) in [6.07, 6.45) is 8.97. The van der Waals surface area contributed by atoms with Crippen LogP contribution in [0, 0.1) is 11.8 Å². The number of allylic oxidation sites excluding steroid dienone is 2. The molecule has 7 heteroatoms. The first-order valence-electron chi connectivity index (χ1n) is 9.24. The summed E-state index contributed by atoms with van der Waals surface area (Å²) in [6.45, 7) is 2.09. The first kappa shape index (κ1) is 18.4. The van der Waals surface area contributed by atoms with Gasteiger partial charge in [0.05, 0.1) is 19.5 Å². The van der Waals surface area contributed by atoms with E-state index in [0.717, 1.165) is 18.4 Å². The summed E-state index contributed by atoms with van der Waals surface area (Å²) in [5.74, 6) is 6.89. The van der Waals surface area contributed by atoms with E-state index in [1.165, 1.54) is 5.57 Å². The summed E-state index contributed by atoms with van der Waals surface area (Å²) >= 11 is 0. The van der Waals surface area contributed by atoms with Crippen molar-refractivity contribution in [1.82, 2.24) is 19.6 Å². The maximum atomic E-state index is 12.4. The number of aromatic nitrogens is 4. The third-order valence-electron chi connectivity index (χ3n) is 4.58. The quantitative estimate of drug-likeness (QED) is 0.698. The van der Waals surface area contributed by atoms with E-state index in [2.05, 4.69) is 39.3 Å². The molecule has 0 atom stereocenters. The number of nitrogens with zero attached hydrogens (tertiary/aromatic N) is 4. The molecule has 1 aromatic carbocycles. The highest BCUT2D eigenvalue weighted by molar-refractivity contribution is 6.06. The van der Waals surface area contributed by atoms with E-state index in [1.807, 2.05) is 36.4 Å². The van der Waals surface area contributed by atoms with Gasteiger partial charge in [0.15, 0.2) is 5.65 Å². The molecule has 2 heterocycles. The van der Waals surface area contributed by atoms with Crippen LogP contribution in [0.15, 0.2) is 60.0 Å². The lowest BCUT2D eigenvalue weighted by atomic mass is 10.2. The highest BCUT2D eigenvalue weighted by Crippen LogP contribution is 2.21. The topological polar surface area (TPSA) is 81.4 Å². The Bertz CT molecular complexity index is 1210. The zero-order chi connectivity index (χ0) is 20.2. The Morgan fingerprint density at radius 2 is 2.21 bits per heavy atom. The van der Waals surface area contributed by atoms with Crippen molar-refractivity contribution in [3.8, 4) is 17.7 Å². The predicted octanol–water partition coefficient (Wildman–Crippen LogP) is 3.14. The van der Waals surface area contributed by atoms with Gasteiger partial charge in [-0.05, 0) is 37.0 Å². The lowest BCUT2D eigenvalue weighted by Gasteiger charge is -2.05. The molecule has 1 aliphatic carbocycles. The third kappa shape index (κ3) is 4.01.